The van der Waals surface area contributed by atoms with Crippen molar-refractivity contribution in [2.45, 2.75) is 51.7 Å². The summed E-state index contributed by atoms with van der Waals surface area (Å²) in [5.74, 6) is 0. The van der Waals surface area contributed by atoms with Gasteiger partial charge in [-0.05, 0) is 38.8 Å². The molecule has 0 aliphatic carbocycles. The Balaban J connectivity index is 1.95. The summed E-state index contributed by atoms with van der Waals surface area (Å²) in [7, 11) is 0. The van der Waals surface area contributed by atoms with Crippen LogP contribution in [0.3, 0.4) is 0 Å². The molecule has 0 bridgehead atoms. The molecular formula is C14H23N3O2S. The van der Waals surface area contributed by atoms with Crippen molar-refractivity contribution < 1.29 is 4.92 Å². The van der Waals surface area contributed by atoms with Gasteiger partial charge in [0.1, 0.15) is 0 Å². The molecule has 0 saturated carbocycles. The van der Waals surface area contributed by atoms with Crippen LogP contribution in [-0.4, -0.2) is 35.0 Å². The van der Waals surface area contributed by atoms with Gasteiger partial charge in [0, 0.05) is 36.6 Å². The van der Waals surface area contributed by atoms with E-state index < -0.39 is 0 Å². The lowest BCUT2D eigenvalue weighted by Crippen LogP contribution is -2.45. The number of thiophene rings is 1. The van der Waals surface area contributed by atoms with Gasteiger partial charge in [-0.25, -0.2) is 0 Å². The Morgan fingerprint density at radius 1 is 1.55 bits per heavy atom. The summed E-state index contributed by atoms with van der Waals surface area (Å²) >= 11 is 1.22. The maximum Gasteiger partial charge on any atom is 0.324 e. The lowest BCUT2D eigenvalue weighted by atomic mass is 10.0. The fourth-order valence-electron chi connectivity index (χ4n) is 2.60. The molecule has 1 fully saturated rings. The second kappa shape index (κ2) is 7.15. The predicted molar refractivity (Wildman–Crippen MR) is 82.2 cm³/mol. The van der Waals surface area contributed by atoms with Gasteiger partial charge in [0.25, 0.3) is 0 Å². The summed E-state index contributed by atoms with van der Waals surface area (Å²) in [6, 6.07) is 2.70. The van der Waals surface area contributed by atoms with Gasteiger partial charge < -0.3 is 5.32 Å². The van der Waals surface area contributed by atoms with Crippen LogP contribution >= 0.6 is 11.3 Å². The molecular weight excluding hydrogens is 274 g/mol. The van der Waals surface area contributed by atoms with E-state index in [1.807, 2.05) is 5.38 Å². The molecule has 0 aromatic carbocycles. The summed E-state index contributed by atoms with van der Waals surface area (Å²) in [5.41, 5.74) is 1.05. The number of rotatable bonds is 6. The number of nitrogens with zero attached hydrogens (tertiary/aromatic N) is 2. The van der Waals surface area contributed by atoms with Gasteiger partial charge in [-0.2, -0.15) is 0 Å². The van der Waals surface area contributed by atoms with Crippen molar-refractivity contribution in [3.8, 4) is 0 Å². The summed E-state index contributed by atoms with van der Waals surface area (Å²) in [5, 5.41) is 16.4. The molecule has 1 aromatic rings. The van der Waals surface area contributed by atoms with Crippen molar-refractivity contribution in [1.29, 1.82) is 0 Å². The van der Waals surface area contributed by atoms with Crippen molar-refractivity contribution in [2.24, 2.45) is 0 Å². The first-order chi connectivity index (χ1) is 9.56. The van der Waals surface area contributed by atoms with E-state index in [0.29, 0.717) is 12.1 Å². The van der Waals surface area contributed by atoms with Gasteiger partial charge in [0.05, 0.1) is 4.92 Å². The SMILES string of the molecule is CC(C)N(Cc1csc([N+](=O)[O-])c1)CC1CCCCN1. The zero-order valence-electron chi connectivity index (χ0n) is 12.2. The molecule has 0 amide bonds. The molecule has 5 nitrogen and oxygen atoms in total. The normalized spacial score (nSPS) is 19.7. The summed E-state index contributed by atoms with van der Waals surface area (Å²) in [6.07, 6.45) is 3.80. The smallest absolute Gasteiger partial charge is 0.313 e. The molecule has 1 atom stereocenters. The first-order valence-electron chi connectivity index (χ1n) is 7.25. The monoisotopic (exact) mass is 297 g/mol. The molecule has 1 aliphatic rings. The zero-order chi connectivity index (χ0) is 14.5. The molecule has 1 aliphatic heterocycles. The average Bonchev–Trinajstić information content (AvgIpc) is 2.88. The van der Waals surface area contributed by atoms with E-state index in [4.69, 9.17) is 0 Å². The third-order valence-electron chi connectivity index (χ3n) is 3.80. The van der Waals surface area contributed by atoms with Crippen LogP contribution in [0.1, 0.15) is 38.7 Å². The van der Waals surface area contributed by atoms with Crippen LogP contribution in [0.25, 0.3) is 0 Å². The lowest BCUT2D eigenvalue weighted by molar-refractivity contribution is -0.380. The largest absolute Gasteiger partial charge is 0.324 e. The van der Waals surface area contributed by atoms with E-state index in [1.54, 1.807) is 6.07 Å². The van der Waals surface area contributed by atoms with E-state index in [1.165, 1.54) is 30.6 Å². The second-order valence-electron chi connectivity index (χ2n) is 5.72. The minimum Gasteiger partial charge on any atom is -0.313 e. The van der Waals surface area contributed by atoms with Gasteiger partial charge in [-0.3, -0.25) is 15.0 Å². The molecule has 0 spiro atoms. The van der Waals surface area contributed by atoms with Crippen molar-refractivity contribution in [3.63, 3.8) is 0 Å². The fourth-order valence-corrected chi connectivity index (χ4v) is 3.32. The third kappa shape index (κ3) is 4.26. The van der Waals surface area contributed by atoms with E-state index in [2.05, 4.69) is 24.1 Å². The zero-order valence-corrected chi connectivity index (χ0v) is 13.0. The summed E-state index contributed by atoms with van der Waals surface area (Å²) < 4.78 is 0. The van der Waals surface area contributed by atoms with Gasteiger partial charge in [-0.15, -0.1) is 0 Å². The second-order valence-corrected chi connectivity index (χ2v) is 6.61. The Morgan fingerprint density at radius 2 is 2.35 bits per heavy atom. The molecule has 20 heavy (non-hydrogen) atoms. The Labute approximate surface area is 124 Å². The highest BCUT2D eigenvalue weighted by Crippen LogP contribution is 2.24. The average molecular weight is 297 g/mol. The van der Waals surface area contributed by atoms with Crippen LogP contribution in [0.5, 0.6) is 0 Å². The topological polar surface area (TPSA) is 58.4 Å². The van der Waals surface area contributed by atoms with E-state index in [-0.39, 0.29) is 9.92 Å². The van der Waals surface area contributed by atoms with Gasteiger partial charge >= 0.3 is 5.00 Å². The summed E-state index contributed by atoms with van der Waals surface area (Å²) in [6.45, 7) is 7.29. The standard InChI is InChI=1S/C14H23N3O2S/c1-11(2)16(9-13-5-3-4-6-15-13)8-12-7-14(17(18)19)20-10-12/h7,10-11,13,15H,3-6,8-9H2,1-2H3. The number of piperidine rings is 1. The van der Waals surface area contributed by atoms with Crippen LogP contribution in [0.4, 0.5) is 5.00 Å². The van der Waals surface area contributed by atoms with Crippen molar-refractivity contribution in [1.82, 2.24) is 10.2 Å². The molecule has 2 heterocycles. The number of nitrogens with one attached hydrogen (secondary N) is 1. The van der Waals surface area contributed by atoms with Crippen molar-refractivity contribution in [3.05, 3.63) is 27.1 Å². The number of nitro groups is 1. The minimum absolute atomic E-state index is 0.236. The molecule has 6 heteroatoms. The first kappa shape index (κ1) is 15.4. The Hall–Kier alpha value is -0.980. The fraction of sp³-hybridized carbons (Fsp3) is 0.714. The Kier molecular flexibility index (Phi) is 5.51. The van der Waals surface area contributed by atoms with Gasteiger partial charge in [0.2, 0.25) is 0 Å². The molecule has 112 valence electrons. The van der Waals surface area contributed by atoms with Crippen molar-refractivity contribution >= 4 is 16.3 Å². The number of hydrogen-bond acceptors (Lipinski definition) is 5. The van der Waals surface area contributed by atoms with Crippen LogP contribution in [0.15, 0.2) is 11.4 Å². The third-order valence-corrected chi connectivity index (χ3v) is 4.73. The lowest BCUT2D eigenvalue weighted by Gasteiger charge is -2.32. The maximum atomic E-state index is 10.7. The van der Waals surface area contributed by atoms with Crippen LogP contribution in [0.2, 0.25) is 0 Å². The van der Waals surface area contributed by atoms with Crippen LogP contribution in [-0.2, 0) is 6.54 Å². The quantitative estimate of drug-likeness (QED) is 0.648. The highest BCUT2D eigenvalue weighted by Gasteiger charge is 2.20. The highest BCUT2D eigenvalue weighted by molar-refractivity contribution is 7.13. The number of hydrogen-bond donors (Lipinski definition) is 1. The van der Waals surface area contributed by atoms with E-state index in [9.17, 15) is 10.1 Å². The summed E-state index contributed by atoms with van der Waals surface area (Å²) in [4.78, 5) is 12.8. The van der Waals surface area contributed by atoms with Crippen LogP contribution < -0.4 is 5.32 Å². The van der Waals surface area contributed by atoms with Crippen LogP contribution in [0, 0.1) is 10.1 Å². The molecule has 1 saturated heterocycles. The maximum absolute atomic E-state index is 10.7. The van der Waals surface area contributed by atoms with Gasteiger partial charge in [0.15, 0.2) is 0 Å². The highest BCUT2D eigenvalue weighted by atomic mass is 32.1. The van der Waals surface area contributed by atoms with Crippen molar-refractivity contribution in [2.75, 3.05) is 13.1 Å². The molecule has 2 rings (SSSR count). The Morgan fingerprint density at radius 3 is 2.90 bits per heavy atom. The van der Waals surface area contributed by atoms with E-state index in [0.717, 1.165) is 25.2 Å². The minimum atomic E-state index is -0.309. The molecule has 1 aromatic heterocycles. The molecule has 0 radical (unpaired) electrons. The Bertz CT molecular complexity index is 441. The first-order valence-corrected chi connectivity index (χ1v) is 8.13. The van der Waals surface area contributed by atoms with E-state index >= 15 is 0 Å². The molecule has 1 N–H and O–H groups in total. The predicted octanol–water partition coefficient (Wildman–Crippen LogP) is 3.01. The molecule has 1 unspecified atom stereocenters. The van der Waals surface area contributed by atoms with Gasteiger partial charge in [-0.1, -0.05) is 17.8 Å².